The molecule has 2 aromatic carbocycles. The Bertz CT molecular complexity index is 1110. The molecule has 156 valence electrons. The molecule has 0 unspecified atom stereocenters. The summed E-state index contributed by atoms with van der Waals surface area (Å²) < 4.78 is 0.896. The molecule has 0 spiro atoms. The van der Waals surface area contributed by atoms with Gasteiger partial charge in [-0.05, 0) is 30.3 Å². The average molecular weight is 483 g/mol. The van der Waals surface area contributed by atoms with Gasteiger partial charge < -0.3 is 10.2 Å². The van der Waals surface area contributed by atoms with E-state index in [1.807, 2.05) is 17.0 Å². The molecule has 0 bridgehead atoms. The van der Waals surface area contributed by atoms with Crippen molar-refractivity contribution in [3.05, 3.63) is 62.4 Å². The van der Waals surface area contributed by atoms with E-state index in [1.165, 1.54) is 11.3 Å². The number of nitrogens with zero attached hydrogens (tertiary/aromatic N) is 2. The Balaban J connectivity index is 1.34. The molecule has 0 radical (unpaired) electrons. The van der Waals surface area contributed by atoms with Crippen molar-refractivity contribution in [1.82, 2.24) is 9.80 Å². The Labute approximate surface area is 193 Å². The van der Waals surface area contributed by atoms with E-state index in [1.54, 1.807) is 35.2 Å². The molecule has 30 heavy (non-hydrogen) atoms. The van der Waals surface area contributed by atoms with E-state index >= 15 is 0 Å². The maximum absolute atomic E-state index is 13.0. The number of carbonyl (C=O) groups is 2. The van der Waals surface area contributed by atoms with Gasteiger partial charge in [0.05, 0.1) is 11.6 Å². The lowest BCUT2D eigenvalue weighted by Gasteiger charge is -2.34. The number of piperazine rings is 1. The minimum absolute atomic E-state index is 0.0830. The molecule has 1 aromatic heterocycles. The second-order valence-electron chi connectivity index (χ2n) is 7.01. The highest BCUT2D eigenvalue weighted by Gasteiger charge is 2.26. The molecule has 1 aliphatic rings. The van der Waals surface area contributed by atoms with Crippen LogP contribution in [0.15, 0.2) is 42.5 Å². The van der Waals surface area contributed by atoms with Crippen LogP contribution in [-0.4, -0.2) is 54.3 Å². The van der Waals surface area contributed by atoms with Crippen LogP contribution in [0.3, 0.4) is 0 Å². The molecule has 1 saturated heterocycles. The molecule has 1 N–H and O–H groups in total. The van der Waals surface area contributed by atoms with Gasteiger partial charge >= 0.3 is 0 Å². The molecule has 0 saturated carbocycles. The first-order valence-electron chi connectivity index (χ1n) is 9.35. The van der Waals surface area contributed by atoms with Gasteiger partial charge in [0, 0.05) is 52.0 Å². The minimum Gasteiger partial charge on any atom is -0.335 e. The third-order valence-electron chi connectivity index (χ3n) is 4.92. The Kier molecular flexibility index (Phi) is 6.51. The van der Waals surface area contributed by atoms with Crippen LogP contribution in [0.4, 0.5) is 5.69 Å². The Hall–Kier alpha value is -1.83. The molecular weight excluding hydrogens is 465 g/mol. The summed E-state index contributed by atoms with van der Waals surface area (Å²) in [6.45, 7) is 2.56. The van der Waals surface area contributed by atoms with Crippen molar-refractivity contribution in [3.63, 3.8) is 0 Å². The quantitative estimate of drug-likeness (QED) is 0.552. The van der Waals surface area contributed by atoms with E-state index in [0.29, 0.717) is 51.8 Å². The molecule has 0 aliphatic carbocycles. The molecule has 9 heteroatoms. The minimum atomic E-state index is -0.110. The topological polar surface area (TPSA) is 52.7 Å². The van der Waals surface area contributed by atoms with Gasteiger partial charge in [0.15, 0.2) is 0 Å². The molecule has 0 atom stereocenters. The van der Waals surface area contributed by atoms with E-state index in [2.05, 4.69) is 5.32 Å². The largest absolute Gasteiger partial charge is 0.335 e. The summed E-state index contributed by atoms with van der Waals surface area (Å²) in [6.07, 6.45) is 0. The molecule has 2 amide bonds. The lowest BCUT2D eigenvalue weighted by Crippen LogP contribution is -2.50. The van der Waals surface area contributed by atoms with Gasteiger partial charge in [-0.25, -0.2) is 0 Å². The lowest BCUT2D eigenvalue weighted by molar-refractivity contribution is -0.117. The summed E-state index contributed by atoms with van der Waals surface area (Å²) in [6, 6.07) is 12.5. The Morgan fingerprint density at radius 2 is 1.70 bits per heavy atom. The fourth-order valence-electron chi connectivity index (χ4n) is 3.40. The van der Waals surface area contributed by atoms with Crippen LogP contribution in [-0.2, 0) is 4.79 Å². The van der Waals surface area contributed by atoms with Crippen molar-refractivity contribution < 1.29 is 9.59 Å². The zero-order valence-corrected chi connectivity index (χ0v) is 18.9. The standard InChI is InChI=1S/C21H18Cl3N3O2S/c22-13-2-1-3-15(10-13)25-18(28)12-26-6-8-27(9-7-26)21(29)20-19(24)16-5-4-14(23)11-17(16)30-20/h1-5,10-11H,6-9,12H2,(H,25,28). The van der Waals surface area contributed by atoms with Crippen LogP contribution in [0.2, 0.25) is 15.1 Å². The first-order chi connectivity index (χ1) is 14.4. The highest BCUT2D eigenvalue weighted by Crippen LogP contribution is 2.37. The van der Waals surface area contributed by atoms with Gasteiger partial charge in [-0.3, -0.25) is 14.5 Å². The first-order valence-corrected chi connectivity index (χ1v) is 11.3. The van der Waals surface area contributed by atoms with Crippen molar-refractivity contribution in [1.29, 1.82) is 0 Å². The van der Waals surface area contributed by atoms with Crippen molar-refractivity contribution in [2.75, 3.05) is 38.0 Å². The summed E-state index contributed by atoms with van der Waals surface area (Å²) in [5, 5.41) is 5.34. The molecule has 1 fully saturated rings. The number of rotatable bonds is 4. The van der Waals surface area contributed by atoms with Gasteiger partial charge in [0.2, 0.25) is 5.91 Å². The molecule has 2 heterocycles. The number of thiophene rings is 1. The number of amides is 2. The highest BCUT2D eigenvalue weighted by molar-refractivity contribution is 7.21. The Morgan fingerprint density at radius 3 is 2.43 bits per heavy atom. The van der Waals surface area contributed by atoms with Crippen LogP contribution >= 0.6 is 46.1 Å². The zero-order chi connectivity index (χ0) is 21.3. The van der Waals surface area contributed by atoms with Crippen LogP contribution in [0.25, 0.3) is 10.1 Å². The van der Waals surface area contributed by atoms with Gasteiger partial charge in [0.25, 0.3) is 5.91 Å². The third-order valence-corrected chi connectivity index (χ3v) is 7.04. The zero-order valence-electron chi connectivity index (χ0n) is 15.8. The fourth-order valence-corrected chi connectivity index (χ4v) is 5.35. The van der Waals surface area contributed by atoms with Crippen LogP contribution in [0.5, 0.6) is 0 Å². The smallest absolute Gasteiger partial charge is 0.265 e. The highest BCUT2D eigenvalue weighted by atomic mass is 35.5. The van der Waals surface area contributed by atoms with Crippen LogP contribution < -0.4 is 5.32 Å². The number of anilines is 1. The second kappa shape index (κ2) is 9.12. The van der Waals surface area contributed by atoms with Crippen molar-refractivity contribution in [2.24, 2.45) is 0 Å². The normalized spacial score (nSPS) is 14.8. The van der Waals surface area contributed by atoms with Gasteiger partial charge in [-0.15, -0.1) is 11.3 Å². The van der Waals surface area contributed by atoms with Crippen molar-refractivity contribution in [2.45, 2.75) is 0 Å². The summed E-state index contributed by atoms with van der Waals surface area (Å²) in [5.74, 6) is -0.193. The predicted octanol–water partition coefficient (Wildman–Crippen LogP) is 5.26. The van der Waals surface area contributed by atoms with Crippen molar-refractivity contribution in [3.8, 4) is 0 Å². The summed E-state index contributed by atoms with van der Waals surface area (Å²) >= 11 is 19.8. The number of hydrogen-bond acceptors (Lipinski definition) is 4. The fraction of sp³-hybridized carbons (Fsp3) is 0.238. The number of fused-ring (bicyclic) bond motifs is 1. The summed E-state index contributed by atoms with van der Waals surface area (Å²) in [7, 11) is 0. The molecule has 1 aliphatic heterocycles. The van der Waals surface area contributed by atoms with Crippen molar-refractivity contribution >= 4 is 73.7 Å². The molecule has 3 aromatic rings. The predicted molar refractivity (Wildman–Crippen MR) is 124 cm³/mol. The summed E-state index contributed by atoms with van der Waals surface area (Å²) in [4.78, 5) is 29.6. The lowest BCUT2D eigenvalue weighted by atomic mass is 10.2. The van der Waals surface area contributed by atoms with E-state index in [-0.39, 0.29) is 18.4 Å². The maximum atomic E-state index is 13.0. The van der Waals surface area contributed by atoms with Crippen LogP contribution in [0.1, 0.15) is 9.67 Å². The van der Waals surface area contributed by atoms with Crippen LogP contribution in [0, 0.1) is 0 Å². The second-order valence-corrected chi connectivity index (χ2v) is 9.32. The first kappa shape index (κ1) is 21.4. The molecule has 5 nitrogen and oxygen atoms in total. The number of nitrogens with one attached hydrogen (secondary N) is 1. The van der Waals surface area contributed by atoms with E-state index in [4.69, 9.17) is 34.8 Å². The maximum Gasteiger partial charge on any atom is 0.265 e. The van der Waals surface area contributed by atoms with E-state index in [9.17, 15) is 9.59 Å². The average Bonchev–Trinajstić information content (AvgIpc) is 3.03. The molecule has 4 rings (SSSR count). The van der Waals surface area contributed by atoms with Gasteiger partial charge in [-0.1, -0.05) is 46.9 Å². The van der Waals surface area contributed by atoms with Gasteiger partial charge in [-0.2, -0.15) is 0 Å². The SMILES string of the molecule is O=C(CN1CCN(C(=O)c2sc3cc(Cl)ccc3c2Cl)CC1)Nc1cccc(Cl)c1. The number of carbonyl (C=O) groups excluding carboxylic acids is 2. The molecular formula is C21H18Cl3N3O2S. The number of benzene rings is 2. The monoisotopic (exact) mass is 481 g/mol. The van der Waals surface area contributed by atoms with E-state index < -0.39 is 0 Å². The number of hydrogen-bond donors (Lipinski definition) is 1. The van der Waals surface area contributed by atoms with Gasteiger partial charge in [0.1, 0.15) is 4.88 Å². The number of halogens is 3. The third kappa shape index (κ3) is 4.74. The van der Waals surface area contributed by atoms with E-state index in [0.717, 1.165) is 10.1 Å². The Morgan fingerprint density at radius 1 is 0.967 bits per heavy atom. The summed E-state index contributed by atoms with van der Waals surface area (Å²) in [5.41, 5.74) is 0.667.